The van der Waals surface area contributed by atoms with Crippen LogP contribution in [-0.4, -0.2) is 33.4 Å². The van der Waals surface area contributed by atoms with Gasteiger partial charge in [0.05, 0.1) is 6.61 Å². The molecular formula is C15H26N2O. The first kappa shape index (κ1) is 15.0. The summed E-state index contributed by atoms with van der Waals surface area (Å²) in [4.78, 5) is 2.22. The summed E-state index contributed by atoms with van der Waals surface area (Å²) in [6.45, 7) is 8.75. The summed E-state index contributed by atoms with van der Waals surface area (Å²) in [5.41, 5.74) is 2.58. The maximum absolute atomic E-state index is 5.36. The Balaban J connectivity index is 2.38. The molecule has 0 aromatic heterocycles. The minimum atomic E-state index is 0.785. The molecule has 3 heteroatoms. The second-order valence-corrected chi connectivity index (χ2v) is 4.46. The topological polar surface area (TPSA) is 24.5 Å². The molecule has 1 rings (SSSR count). The van der Waals surface area contributed by atoms with Gasteiger partial charge in [0.15, 0.2) is 0 Å². The van der Waals surface area contributed by atoms with Crippen LogP contribution in [0.15, 0.2) is 24.3 Å². The lowest BCUT2D eigenvalue weighted by Crippen LogP contribution is -2.22. The molecular weight excluding hydrogens is 224 g/mol. The number of anilines is 1. The summed E-state index contributed by atoms with van der Waals surface area (Å²) < 4.78 is 5.36. The van der Waals surface area contributed by atoms with Gasteiger partial charge in [0, 0.05) is 32.4 Å². The van der Waals surface area contributed by atoms with Gasteiger partial charge in [0.2, 0.25) is 0 Å². The molecule has 1 aromatic carbocycles. The predicted octanol–water partition coefficient (Wildman–Crippen LogP) is 2.66. The molecule has 0 bridgehead atoms. The fourth-order valence-electron chi connectivity index (χ4n) is 1.75. The third kappa shape index (κ3) is 5.52. The Hall–Kier alpha value is -1.06. The average Bonchev–Trinajstić information content (AvgIpc) is 2.40. The van der Waals surface area contributed by atoms with Gasteiger partial charge in [-0.15, -0.1) is 0 Å². The quantitative estimate of drug-likeness (QED) is 0.682. The lowest BCUT2D eigenvalue weighted by molar-refractivity contribution is 0.154. The lowest BCUT2D eigenvalue weighted by atomic mass is 10.2. The van der Waals surface area contributed by atoms with Gasteiger partial charge in [-0.25, -0.2) is 0 Å². The van der Waals surface area contributed by atoms with Gasteiger partial charge < -0.3 is 15.0 Å². The summed E-state index contributed by atoms with van der Waals surface area (Å²) in [5, 5.41) is 3.41. The summed E-state index contributed by atoms with van der Waals surface area (Å²) in [7, 11) is 2.10. The largest absolute Gasteiger partial charge is 0.380 e. The summed E-state index contributed by atoms with van der Waals surface area (Å²) in [6, 6.07) is 8.73. The second kappa shape index (κ2) is 8.95. The molecule has 0 heterocycles. The molecule has 0 spiro atoms. The van der Waals surface area contributed by atoms with Crippen LogP contribution in [-0.2, 0) is 11.3 Å². The van der Waals surface area contributed by atoms with Gasteiger partial charge in [0.25, 0.3) is 0 Å². The minimum Gasteiger partial charge on any atom is -0.380 e. The van der Waals surface area contributed by atoms with E-state index in [0.29, 0.717) is 0 Å². The van der Waals surface area contributed by atoms with Gasteiger partial charge in [-0.3, -0.25) is 0 Å². The zero-order valence-electron chi connectivity index (χ0n) is 11.9. The van der Waals surface area contributed by atoms with Crippen LogP contribution in [0.3, 0.4) is 0 Å². The van der Waals surface area contributed by atoms with E-state index in [1.807, 2.05) is 6.92 Å². The lowest BCUT2D eigenvalue weighted by Gasteiger charge is -2.19. The van der Waals surface area contributed by atoms with Crippen LogP contribution in [0, 0.1) is 0 Å². The number of hydrogen-bond acceptors (Lipinski definition) is 3. The Kier molecular flexibility index (Phi) is 7.46. The molecule has 0 aliphatic rings. The molecule has 0 radical (unpaired) electrons. The first-order valence-electron chi connectivity index (χ1n) is 6.86. The monoisotopic (exact) mass is 250 g/mol. The zero-order valence-corrected chi connectivity index (χ0v) is 11.9. The van der Waals surface area contributed by atoms with Crippen LogP contribution in [0.5, 0.6) is 0 Å². The number of hydrogen-bond donors (Lipinski definition) is 1. The van der Waals surface area contributed by atoms with Crippen LogP contribution in [0.2, 0.25) is 0 Å². The van der Waals surface area contributed by atoms with Gasteiger partial charge in [-0.1, -0.05) is 19.1 Å². The number of nitrogens with one attached hydrogen (secondary N) is 1. The molecule has 0 saturated heterocycles. The van der Waals surface area contributed by atoms with E-state index in [2.05, 4.69) is 48.5 Å². The Morgan fingerprint density at radius 2 is 1.89 bits per heavy atom. The van der Waals surface area contributed by atoms with Crippen molar-refractivity contribution in [3.63, 3.8) is 0 Å². The molecule has 3 nitrogen and oxygen atoms in total. The van der Waals surface area contributed by atoms with Gasteiger partial charge in [-0.2, -0.15) is 0 Å². The summed E-state index contributed by atoms with van der Waals surface area (Å²) >= 11 is 0. The van der Waals surface area contributed by atoms with E-state index >= 15 is 0 Å². The molecule has 0 fully saturated rings. The van der Waals surface area contributed by atoms with Crippen molar-refractivity contribution in [3.05, 3.63) is 29.8 Å². The maximum atomic E-state index is 5.36. The highest BCUT2D eigenvalue weighted by Crippen LogP contribution is 2.13. The molecule has 0 amide bonds. The van der Waals surface area contributed by atoms with Crippen LogP contribution in [0.25, 0.3) is 0 Å². The van der Waals surface area contributed by atoms with E-state index in [9.17, 15) is 0 Å². The minimum absolute atomic E-state index is 0.785. The predicted molar refractivity (Wildman–Crippen MR) is 78.2 cm³/mol. The van der Waals surface area contributed by atoms with Crippen molar-refractivity contribution >= 4 is 5.69 Å². The standard InChI is InChI=1S/C15H26N2O/c1-4-10-16-13-14-6-8-15(9-7-14)17(3)11-12-18-5-2/h6-9,16H,4-5,10-13H2,1-3H3. The van der Waals surface area contributed by atoms with E-state index in [4.69, 9.17) is 4.74 Å². The highest BCUT2D eigenvalue weighted by molar-refractivity contribution is 5.46. The first-order chi connectivity index (χ1) is 8.77. The van der Waals surface area contributed by atoms with E-state index in [1.54, 1.807) is 0 Å². The van der Waals surface area contributed by atoms with E-state index < -0.39 is 0 Å². The smallest absolute Gasteiger partial charge is 0.0641 e. The maximum Gasteiger partial charge on any atom is 0.0641 e. The number of benzene rings is 1. The van der Waals surface area contributed by atoms with E-state index in [0.717, 1.165) is 32.8 Å². The molecule has 1 N–H and O–H groups in total. The van der Waals surface area contributed by atoms with Crippen LogP contribution in [0.4, 0.5) is 5.69 Å². The fourth-order valence-corrected chi connectivity index (χ4v) is 1.75. The molecule has 0 aliphatic heterocycles. The Morgan fingerprint density at radius 1 is 1.17 bits per heavy atom. The third-order valence-electron chi connectivity index (χ3n) is 2.91. The molecule has 1 aromatic rings. The highest BCUT2D eigenvalue weighted by atomic mass is 16.5. The molecule has 0 saturated carbocycles. The molecule has 0 aliphatic carbocycles. The fraction of sp³-hybridized carbons (Fsp3) is 0.600. The average molecular weight is 250 g/mol. The van der Waals surface area contributed by atoms with Crippen molar-refractivity contribution in [1.82, 2.24) is 5.32 Å². The summed E-state index contributed by atoms with van der Waals surface area (Å²) in [5.74, 6) is 0. The number of ether oxygens (including phenoxy) is 1. The van der Waals surface area contributed by atoms with Crippen molar-refractivity contribution in [2.24, 2.45) is 0 Å². The Labute approximate surface area is 111 Å². The molecule has 0 unspecified atom stereocenters. The van der Waals surface area contributed by atoms with Gasteiger partial charge in [-0.05, 0) is 37.6 Å². The zero-order chi connectivity index (χ0) is 13.2. The van der Waals surface area contributed by atoms with Gasteiger partial charge in [0.1, 0.15) is 0 Å². The third-order valence-corrected chi connectivity index (χ3v) is 2.91. The first-order valence-corrected chi connectivity index (χ1v) is 6.86. The molecule has 0 atom stereocenters. The molecule has 18 heavy (non-hydrogen) atoms. The second-order valence-electron chi connectivity index (χ2n) is 4.46. The van der Waals surface area contributed by atoms with E-state index in [1.165, 1.54) is 17.7 Å². The van der Waals surface area contributed by atoms with Crippen LogP contribution >= 0.6 is 0 Å². The number of nitrogens with zero attached hydrogens (tertiary/aromatic N) is 1. The SMILES string of the molecule is CCCNCc1ccc(N(C)CCOCC)cc1. The number of likely N-dealkylation sites (N-methyl/N-ethyl adjacent to an activating group) is 1. The Bertz CT molecular complexity index is 311. The normalized spacial score (nSPS) is 10.6. The van der Waals surface area contributed by atoms with Crippen molar-refractivity contribution < 1.29 is 4.74 Å². The van der Waals surface area contributed by atoms with Crippen molar-refractivity contribution in [2.75, 3.05) is 38.3 Å². The Morgan fingerprint density at radius 3 is 2.50 bits per heavy atom. The van der Waals surface area contributed by atoms with E-state index in [-0.39, 0.29) is 0 Å². The highest BCUT2D eigenvalue weighted by Gasteiger charge is 2.00. The molecule has 102 valence electrons. The van der Waals surface area contributed by atoms with Crippen LogP contribution < -0.4 is 10.2 Å². The summed E-state index contributed by atoms with van der Waals surface area (Å²) in [6.07, 6.45) is 1.18. The number of rotatable bonds is 9. The van der Waals surface area contributed by atoms with Crippen molar-refractivity contribution in [1.29, 1.82) is 0 Å². The van der Waals surface area contributed by atoms with Crippen molar-refractivity contribution in [2.45, 2.75) is 26.8 Å². The van der Waals surface area contributed by atoms with Gasteiger partial charge >= 0.3 is 0 Å². The van der Waals surface area contributed by atoms with Crippen LogP contribution in [0.1, 0.15) is 25.8 Å². The van der Waals surface area contributed by atoms with Crippen molar-refractivity contribution in [3.8, 4) is 0 Å².